The summed E-state index contributed by atoms with van der Waals surface area (Å²) in [5.74, 6) is 0.502. The number of nitrogens with zero attached hydrogens (tertiary/aromatic N) is 3. The summed E-state index contributed by atoms with van der Waals surface area (Å²) >= 11 is 0. The fourth-order valence-corrected chi connectivity index (χ4v) is 4.07. The Morgan fingerprint density at radius 2 is 2.11 bits per heavy atom. The average molecular weight is 386 g/mol. The maximum Gasteiger partial charge on any atom is 0.259 e. The van der Waals surface area contributed by atoms with Crippen LogP contribution in [0, 0.1) is 5.41 Å². The molecule has 6 heteroatoms. The van der Waals surface area contributed by atoms with Crippen LogP contribution in [0.4, 0.5) is 0 Å². The molecule has 3 heterocycles. The third-order valence-corrected chi connectivity index (χ3v) is 5.53. The molecule has 0 aromatic carbocycles. The lowest BCUT2D eigenvalue weighted by Gasteiger charge is -2.32. The maximum atomic E-state index is 13.5. The first kappa shape index (κ1) is 19.4. The van der Waals surface area contributed by atoms with E-state index in [-0.39, 0.29) is 17.4 Å². The highest BCUT2D eigenvalue weighted by Crippen LogP contribution is 2.41. The molecule has 2 aromatic rings. The molecule has 1 aliphatic carbocycles. The number of ether oxygens (including phenoxy) is 1. The van der Waals surface area contributed by atoms with Crippen molar-refractivity contribution >= 4 is 17.0 Å². The highest BCUT2D eigenvalue weighted by atomic mass is 16.5. The summed E-state index contributed by atoms with van der Waals surface area (Å²) in [6, 6.07) is 2.00. The van der Waals surface area contributed by atoms with E-state index in [1.165, 1.54) is 0 Å². The quantitative estimate of drug-likeness (QED) is 0.766. The first-order valence-corrected chi connectivity index (χ1v) is 10.6. The van der Waals surface area contributed by atoms with Gasteiger partial charge in [0.05, 0.1) is 22.7 Å². The van der Waals surface area contributed by atoms with Gasteiger partial charge in [-0.3, -0.25) is 4.79 Å². The molecule has 1 saturated heterocycles. The standard InChI is InChI=1S/C22H31N3O3/c1-5-27-15-7-6-10-25(13-15)21(26)16-11-17(14-8-9-14)23-20-19(16)18(24-28-20)12-22(2,3)4/h11,14-15H,5-10,12-13H2,1-4H3/t15-/m0/s1. The zero-order chi connectivity index (χ0) is 19.9. The molecule has 152 valence electrons. The summed E-state index contributed by atoms with van der Waals surface area (Å²) in [4.78, 5) is 20.2. The van der Waals surface area contributed by atoms with E-state index in [2.05, 4.69) is 25.9 Å². The molecule has 2 aliphatic rings. The van der Waals surface area contributed by atoms with Gasteiger partial charge in [0.15, 0.2) is 0 Å². The van der Waals surface area contributed by atoms with Gasteiger partial charge in [-0.25, -0.2) is 4.98 Å². The first-order valence-electron chi connectivity index (χ1n) is 10.6. The number of rotatable bonds is 5. The van der Waals surface area contributed by atoms with Crippen molar-refractivity contribution < 1.29 is 14.1 Å². The van der Waals surface area contributed by atoms with Crippen molar-refractivity contribution in [3.05, 3.63) is 23.0 Å². The van der Waals surface area contributed by atoms with Gasteiger partial charge in [-0.1, -0.05) is 25.9 Å². The third kappa shape index (κ3) is 4.07. The lowest BCUT2D eigenvalue weighted by Crippen LogP contribution is -2.43. The second kappa shape index (κ2) is 7.47. The van der Waals surface area contributed by atoms with Crippen LogP contribution in [0.15, 0.2) is 10.6 Å². The van der Waals surface area contributed by atoms with Crippen LogP contribution in [0.5, 0.6) is 0 Å². The Balaban J connectivity index is 1.72. The van der Waals surface area contributed by atoms with Crippen LogP contribution in [0.1, 0.15) is 81.0 Å². The van der Waals surface area contributed by atoms with Crippen LogP contribution in [0.25, 0.3) is 11.1 Å². The van der Waals surface area contributed by atoms with Crippen LogP contribution in [-0.2, 0) is 11.2 Å². The van der Waals surface area contributed by atoms with Crippen LogP contribution >= 0.6 is 0 Å². The molecule has 6 nitrogen and oxygen atoms in total. The number of hydrogen-bond donors (Lipinski definition) is 0. The largest absolute Gasteiger partial charge is 0.377 e. The van der Waals surface area contributed by atoms with Crippen molar-refractivity contribution in [2.24, 2.45) is 5.41 Å². The number of fused-ring (bicyclic) bond motifs is 1. The van der Waals surface area contributed by atoms with Gasteiger partial charge in [0.2, 0.25) is 0 Å². The number of carbonyl (C=O) groups excluding carboxylic acids is 1. The number of hydrogen-bond acceptors (Lipinski definition) is 5. The molecule has 1 atom stereocenters. The van der Waals surface area contributed by atoms with Crippen molar-refractivity contribution in [1.82, 2.24) is 15.0 Å². The average Bonchev–Trinajstić information content (AvgIpc) is 3.43. The van der Waals surface area contributed by atoms with E-state index in [4.69, 9.17) is 14.2 Å². The van der Waals surface area contributed by atoms with E-state index >= 15 is 0 Å². The van der Waals surface area contributed by atoms with Crippen LogP contribution < -0.4 is 0 Å². The molecule has 0 N–H and O–H groups in total. The minimum absolute atomic E-state index is 0.0461. The lowest BCUT2D eigenvalue weighted by molar-refractivity contribution is 0.00730. The van der Waals surface area contributed by atoms with Crippen molar-refractivity contribution in [3.8, 4) is 0 Å². The summed E-state index contributed by atoms with van der Waals surface area (Å²) in [6.07, 6.45) is 5.11. The van der Waals surface area contributed by atoms with Gasteiger partial charge in [-0.05, 0) is 50.5 Å². The Morgan fingerprint density at radius 3 is 2.79 bits per heavy atom. The monoisotopic (exact) mass is 385 g/mol. The minimum Gasteiger partial charge on any atom is -0.377 e. The third-order valence-electron chi connectivity index (χ3n) is 5.53. The smallest absolute Gasteiger partial charge is 0.259 e. The van der Waals surface area contributed by atoms with Crippen molar-refractivity contribution in [2.45, 2.75) is 71.8 Å². The van der Waals surface area contributed by atoms with E-state index in [0.717, 1.165) is 55.4 Å². The van der Waals surface area contributed by atoms with Gasteiger partial charge in [0.1, 0.15) is 0 Å². The molecule has 1 aliphatic heterocycles. The van der Waals surface area contributed by atoms with Crippen molar-refractivity contribution in [1.29, 1.82) is 0 Å². The highest BCUT2D eigenvalue weighted by molar-refractivity contribution is 6.06. The molecular formula is C22H31N3O3. The molecule has 2 aromatic heterocycles. The van der Waals surface area contributed by atoms with Gasteiger partial charge in [-0.15, -0.1) is 0 Å². The molecule has 1 saturated carbocycles. The number of aromatic nitrogens is 2. The fraction of sp³-hybridized carbons (Fsp3) is 0.682. The number of amides is 1. The van der Waals surface area contributed by atoms with E-state index in [1.54, 1.807) is 0 Å². The van der Waals surface area contributed by atoms with E-state index in [9.17, 15) is 4.79 Å². The molecule has 0 bridgehead atoms. The predicted molar refractivity (Wildman–Crippen MR) is 107 cm³/mol. The Hall–Kier alpha value is -1.95. The molecule has 0 radical (unpaired) electrons. The number of carbonyl (C=O) groups is 1. The Kier molecular flexibility index (Phi) is 5.17. The Morgan fingerprint density at radius 1 is 1.32 bits per heavy atom. The van der Waals surface area contributed by atoms with E-state index < -0.39 is 0 Å². The second-order valence-electron chi connectivity index (χ2n) is 9.39. The zero-order valence-electron chi connectivity index (χ0n) is 17.5. The van der Waals surface area contributed by atoms with Gasteiger partial charge < -0.3 is 14.2 Å². The molecule has 4 rings (SSSR count). The normalized spacial score (nSPS) is 20.7. The number of likely N-dealkylation sites (tertiary alicyclic amines) is 1. The summed E-state index contributed by atoms with van der Waals surface area (Å²) in [7, 11) is 0. The van der Waals surface area contributed by atoms with Crippen LogP contribution in [0.3, 0.4) is 0 Å². The van der Waals surface area contributed by atoms with E-state index in [0.29, 0.717) is 30.3 Å². The summed E-state index contributed by atoms with van der Waals surface area (Å²) < 4.78 is 11.4. The maximum absolute atomic E-state index is 13.5. The van der Waals surface area contributed by atoms with Gasteiger partial charge in [0.25, 0.3) is 11.6 Å². The molecule has 28 heavy (non-hydrogen) atoms. The second-order valence-corrected chi connectivity index (χ2v) is 9.39. The predicted octanol–water partition coefficient (Wildman–Crippen LogP) is 4.33. The number of piperidine rings is 1. The van der Waals surface area contributed by atoms with Gasteiger partial charge in [0, 0.05) is 31.3 Å². The summed E-state index contributed by atoms with van der Waals surface area (Å²) in [5.41, 5.74) is 3.05. The molecular weight excluding hydrogens is 354 g/mol. The minimum atomic E-state index is 0.0461. The zero-order valence-corrected chi connectivity index (χ0v) is 17.5. The molecule has 0 unspecified atom stereocenters. The fourth-order valence-electron chi connectivity index (χ4n) is 4.07. The van der Waals surface area contributed by atoms with Gasteiger partial charge in [-0.2, -0.15) is 0 Å². The summed E-state index contributed by atoms with van der Waals surface area (Å²) in [5, 5.41) is 5.10. The van der Waals surface area contributed by atoms with Crippen LogP contribution in [0.2, 0.25) is 0 Å². The Labute approximate surface area is 166 Å². The van der Waals surface area contributed by atoms with Crippen molar-refractivity contribution in [3.63, 3.8) is 0 Å². The van der Waals surface area contributed by atoms with Crippen LogP contribution in [-0.4, -0.2) is 46.7 Å². The molecule has 2 fully saturated rings. The van der Waals surface area contributed by atoms with Crippen molar-refractivity contribution in [2.75, 3.05) is 19.7 Å². The first-order chi connectivity index (χ1) is 13.4. The molecule has 1 amide bonds. The summed E-state index contributed by atoms with van der Waals surface area (Å²) in [6.45, 7) is 10.6. The van der Waals surface area contributed by atoms with E-state index in [1.807, 2.05) is 17.9 Å². The highest BCUT2D eigenvalue weighted by Gasteiger charge is 2.32. The number of pyridine rings is 1. The lowest BCUT2D eigenvalue weighted by atomic mass is 9.89. The van der Waals surface area contributed by atoms with Gasteiger partial charge >= 0.3 is 0 Å². The SMILES string of the molecule is CCO[C@H]1CCCN(C(=O)c2cc(C3CC3)nc3onc(CC(C)(C)C)c23)C1. The molecule has 0 spiro atoms. The topological polar surface area (TPSA) is 68.5 Å². The Bertz CT molecular complexity index is 862.